The predicted octanol–water partition coefficient (Wildman–Crippen LogP) is 0.927. The van der Waals surface area contributed by atoms with Gasteiger partial charge in [0.2, 0.25) is 11.9 Å². The van der Waals surface area contributed by atoms with Crippen LogP contribution in [0.3, 0.4) is 0 Å². The summed E-state index contributed by atoms with van der Waals surface area (Å²) in [6.45, 7) is 7.15. The maximum absolute atomic E-state index is 5.74. The van der Waals surface area contributed by atoms with E-state index >= 15 is 0 Å². The van der Waals surface area contributed by atoms with E-state index in [2.05, 4.69) is 39.0 Å². The number of nitrogens with one attached hydrogen (secondary N) is 1. The molecule has 19 heavy (non-hydrogen) atoms. The van der Waals surface area contributed by atoms with Gasteiger partial charge in [0.05, 0.1) is 13.2 Å². The zero-order chi connectivity index (χ0) is 13.7. The second-order valence-corrected chi connectivity index (χ2v) is 4.27. The number of aromatic nitrogens is 3. The summed E-state index contributed by atoms with van der Waals surface area (Å²) < 4.78 is 11.0. The number of hydrogen-bond acceptors (Lipinski definition) is 7. The minimum absolute atomic E-state index is 0.0386. The molecule has 1 aliphatic heterocycles. The van der Waals surface area contributed by atoms with Crippen LogP contribution in [-0.4, -0.2) is 54.4 Å². The van der Waals surface area contributed by atoms with E-state index in [0.29, 0.717) is 24.5 Å². The quantitative estimate of drug-likeness (QED) is 0.821. The van der Waals surface area contributed by atoms with Crippen LogP contribution in [0.5, 0.6) is 6.01 Å². The van der Waals surface area contributed by atoms with Crippen LogP contribution in [-0.2, 0) is 4.74 Å². The molecule has 1 aromatic heterocycles. The fourth-order valence-electron chi connectivity index (χ4n) is 1.91. The van der Waals surface area contributed by atoms with Gasteiger partial charge in [-0.2, -0.15) is 15.0 Å². The van der Waals surface area contributed by atoms with Crippen molar-refractivity contribution in [3.63, 3.8) is 0 Å². The minimum atomic E-state index is 0.0386. The van der Waals surface area contributed by atoms with Gasteiger partial charge in [-0.15, -0.1) is 0 Å². The number of nitrogens with zero attached hydrogens (tertiary/aromatic N) is 4. The Morgan fingerprint density at radius 2 is 2.11 bits per heavy atom. The minimum Gasteiger partial charge on any atom is -0.457 e. The maximum Gasteiger partial charge on any atom is 0.323 e. The first-order valence-electron chi connectivity index (χ1n) is 6.70. The van der Waals surface area contributed by atoms with Gasteiger partial charge >= 0.3 is 6.01 Å². The van der Waals surface area contributed by atoms with E-state index in [1.165, 1.54) is 0 Å². The van der Waals surface area contributed by atoms with Crippen molar-refractivity contribution in [1.29, 1.82) is 0 Å². The number of hydrogen-bond donors (Lipinski definition) is 1. The Labute approximate surface area is 113 Å². The summed E-state index contributed by atoms with van der Waals surface area (Å²) in [6, 6.07) is 0.358. The Balaban J connectivity index is 2.19. The molecule has 0 amide bonds. The fourth-order valence-corrected chi connectivity index (χ4v) is 1.91. The Bertz CT molecular complexity index is 405. The van der Waals surface area contributed by atoms with E-state index in [-0.39, 0.29) is 6.10 Å². The first-order chi connectivity index (χ1) is 9.26. The van der Waals surface area contributed by atoms with E-state index in [0.717, 1.165) is 26.1 Å². The Hall–Kier alpha value is -1.63. The van der Waals surface area contributed by atoms with Crippen LogP contribution in [0.4, 0.5) is 11.9 Å². The van der Waals surface area contributed by atoms with Crippen molar-refractivity contribution in [3.8, 4) is 6.01 Å². The van der Waals surface area contributed by atoms with E-state index in [9.17, 15) is 0 Å². The summed E-state index contributed by atoms with van der Waals surface area (Å²) >= 11 is 0. The third kappa shape index (κ3) is 3.44. The molecule has 1 fully saturated rings. The Morgan fingerprint density at radius 1 is 1.32 bits per heavy atom. The van der Waals surface area contributed by atoms with Gasteiger partial charge in [-0.05, 0) is 13.8 Å². The summed E-state index contributed by atoms with van der Waals surface area (Å²) in [6.07, 6.45) is 0.915. The first kappa shape index (κ1) is 13.8. The highest BCUT2D eigenvalue weighted by atomic mass is 16.6. The van der Waals surface area contributed by atoms with Crippen molar-refractivity contribution in [2.75, 3.05) is 43.6 Å². The predicted molar refractivity (Wildman–Crippen MR) is 72.8 cm³/mol. The molecule has 1 unspecified atom stereocenters. The molecule has 0 aliphatic carbocycles. The molecule has 1 atom stereocenters. The standard InChI is InChI=1S/C12H21N5O2/c1-4-17(5-2)11-14-10(13-3)15-12(16-11)19-9-6-7-18-8-9/h9H,4-8H2,1-3H3,(H,13,14,15,16). The second kappa shape index (κ2) is 6.51. The van der Waals surface area contributed by atoms with E-state index in [1.54, 1.807) is 7.05 Å². The third-order valence-electron chi connectivity index (χ3n) is 3.03. The van der Waals surface area contributed by atoms with Gasteiger partial charge in [0, 0.05) is 26.6 Å². The molecule has 106 valence electrons. The number of rotatable bonds is 6. The van der Waals surface area contributed by atoms with Crippen LogP contribution >= 0.6 is 0 Å². The smallest absolute Gasteiger partial charge is 0.323 e. The molecule has 7 heteroatoms. The lowest BCUT2D eigenvalue weighted by Gasteiger charge is -2.19. The highest BCUT2D eigenvalue weighted by Crippen LogP contribution is 2.17. The molecule has 2 rings (SSSR count). The van der Waals surface area contributed by atoms with Crippen molar-refractivity contribution in [3.05, 3.63) is 0 Å². The average molecular weight is 267 g/mol. The van der Waals surface area contributed by atoms with Crippen molar-refractivity contribution in [2.24, 2.45) is 0 Å². The highest BCUT2D eigenvalue weighted by Gasteiger charge is 2.20. The molecule has 1 aliphatic rings. The van der Waals surface area contributed by atoms with Crippen LogP contribution < -0.4 is 15.0 Å². The van der Waals surface area contributed by atoms with Crippen LogP contribution in [0.15, 0.2) is 0 Å². The molecule has 2 heterocycles. The normalized spacial score (nSPS) is 18.4. The van der Waals surface area contributed by atoms with Gasteiger partial charge in [0.1, 0.15) is 6.10 Å². The Morgan fingerprint density at radius 3 is 2.68 bits per heavy atom. The molecule has 7 nitrogen and oxygen atoms in total. The summed E-state index contributed by atoms with van der Waals surface area (Å²) in [5.74, 6) is 1.16. The topological polar surface area (TPSA) is 72.4 Å². The van der Waals surface area contributed by atoms with Crippen molar-refractivity contribution in [1.82, 2.24) is 15.0 Å². The van der Waals surface area contributed by atoms with Crippen LogP contribution in [0.2, 0.25) is 0 Å². The molecule has 0 bridgehead atoms. The second-order valence-electron chi connectivity index (χ2n) is 4.27. The maximum atomic E-state index is 5.74. The molecule has 1 N–H and O–H groups in total. The molecule has 0 saturated carbocycles. The van der Waals surface area contributed by atoms with Crippen molar-refractivity contribution in [2.45, 2.75) is 26.4 Å². The molecule has 1 aromatic rings. The van der Waals surface area contributed by atoms with Gasteiger partial charge in [-0.3, -0.25) is 0 Å². The van der Waals surface area contributed by atoms with Gasteiger partial charge in [-0.1, -0.05) is 0 Å². The molecule has 0 radical (unpaired) electrons. The molecule has 1 saturated heterocycles. The molecular formula is C12H21N5O2. The van der Waals surface area contributed by atoms with Gasteiger partial charge in [0.15, 0.2) is 0 Å². The summed E-state index contributed by atoms with van der Waals surface area (Å²) in [7, 11) is 1.78. The third-order valence-corrected chi connectivity index (χ3v) is 3.03. The Kier molecular flexibility index (Phi) is 4.73. The van der Waals surface area contributed by atoms with Crippen molar-refractivity contribution >= 4 is 11.9 Å². The fraction of sp³-hybridized carbons (Fsp3) is 0.750. The lowest BCUT2D eigenvalue weighted by Crippen LogP contribution is -2.26. The first-order valence-corrected chi connectivity index (χ1v) is 6.70. The van der Waals surface area contributed by atoms with Gasteiger partial charge in [-0.25, -0.2) is 0 Å². The summed E-state index contributed by atoms with van der Waals surface area (Å²) in [5, 5.41) is 2.94. The summed E-state index contributed by atoms with van der Waals surface area (Å²) in [5.41, 5.74) is 0. The monoisotopic (exact) mass is 267 g/mol. The van der Waals surface area contributed by atoms with Crippen LogP contribution in [0.25, 0.3) is 0 Å². The number of ether oxygens (including phenoxy) is 2. The van der Waals surface area contributed by atoms with E-state index in [1.807, 2.05) is 0 Å². The lowest BCUT2D eigenvalue weighted by atomic mass is 10.3. The van der Waals surface area contributed by atoms with E-state index in [4.69, 9.17) is 9.47 Å². The van der Waals surface area contributed by atoms with Crippen LogP contribution in [0.1, 0.15) is 20.3 Å². The summed E-state index contributed by atoms with van der Waals surface area (Å²) in [4.78, 5) is 15.0. The average Bonchev–Trinajstić information content (AvgIpc) is 2.93. The molecule has 0 aromatic carbocycles. The number of anilines is 2. The lowest BCUT2D eigenvalue weighted by molar-refractivity contribution is 0.134. The van der Waals surface area contributed by atoms with Crippen molar-refractivity contribution < 1.29 is 9.47 Å². The molecular weight excluding hydrogens is 246 g/mol. The SMILES string of the molecule is CCN(CC)c1nc(NC)nc(OC2CCOC2)n1. The van der Waals surface area contributed by atoms with Gasteiger partial charge in [0.25, 0.3) is 0 Å². The van der Waals surface area contributed by atoms with E-state index < -0.39 is 0 Å². The largest absolute Gasteiger partial charge is 0.457 e. The highest BCUT2D eigenvalue weighted by molar-refractivity contribution is 5.37. The molecule has 0 spiro atoms. The zero-order valence-electron chi connectivity index (χ0n) is 11.7. The zero-order valence-corrected chi connectivity index (χ0v) is 11.7. The van der Waals surface area contributed by atoms with Crippen LogP contribution in [0, 0.1) is 0 Å². The van der Waals surface area contributed by atoms with Gasteiger partial charge < -0.3 is 19.7 Å².